The summed E-state index contributed by atoms with van der Waals surface area (Å²) in [4.78, 5) is 14.3. The van der Waals surface area contributed by atoms with Gasteiger partial charge in [0.1, 0.15) is 0 Å². The van der Waals surface area contributed by atoms with E-state index in [1.165, 1.54) is 11.8 Å². The first-order valence-corrected chi connectivity index (χ1v) is 9.36. The zero-order valence-electron chi connectivity index (χ0n) is 14.5. The number of aromatic nitrogens is 3. The Morgan fingerprint density at radius 2 is 2.00 bits per heavy atom. The molecule has 1 N–H and O–H groups in total. The second kappa shape index (κ2) is 8.35. The number of ether oxygens (including phenoxy) is 1. The average molecular weight is 361 g/mol. The first-order valence-electron chi connectivity index (χ1n) is 8.48. The zero-order valence-corrected chi connectivity index (χ0v) is 15.3. The summed E-state index contributed by atoms with van der Waals surface area (Å²) < 4.78 is 7.46. The molecule has 0 radical (unpaired) electrons. The predicted octanol–water partition coefficient (Wildman–Crippen LogP) is 1.72. The van der Waals surface area contributed by atoms with Gasteiger partial charge in [-0.1, -0.05) is 30.0 Å². The van der Waals surface area contributed by atoms with Crippen LogP contribution in [0.4, 0.5) is 5.95 Å². The fraction of sp³-hybridized carbons (Fsp3) is 0.471. The minimum absolute atomic E-state index is 0.00281. The van der Waals surface area contributed by atoms with E-state index in [0.717, 1.165) is 24.7 Å². The molecule has 2 aromatic rings. The number of nitrogens with one attached hydrogen (secondary N) is 1. The van der Waals surface area contributed by atoms with Gasteiger partial charge >= 0.3 is 0 Å². The van der Waals surface area contributed by atoms with Crippen molar-refractivity contribution in [2.75, 3.05) is 37.7 Å². The molecular weight excluding hydrogens is 338 g/mol. The van der Waals surface area contributed by atoms with Crippen LogP contribution in [-0.4, -0.2) is 58.8 Å². The maximum absolute atomic E-state index is 12.1. The molecule has 1 aliphatic rings. The van der Waals surface area contributed by atoms with Gasteiger partial charge in [0.2, 0.25) is 11.9 Å². The van der Waals surface area contributed by atoms with Crippen LogP contribution in [0.1, 0.15) is 13.8 Å². The smallest absolute Gasteiger partial charge is 0.233 e. The number of nitrogens with zero attached hydrogens (tertiary/aromatic N) is 4. The van der Waals surface area contributed by atoms with Crippen molar-refractivity contribution in [1.29, 1.82) is 0 Å². The molecule has 0 unspecified atom stereocenters. The van der Waals surface area contributed by atoms with Crippen molar-refractivity contribution in [1.82, 2.24) is 20.1 Å². The Morgan fingerprint density at radius 3 is 2.68 bits per heavy atom. The molecule has 8 heteroatoms. The molecule has 7 nitrogen and oxygen atoms in total. The summed E-state index contributed by atoms with van der Waals surface area (Å²) in [7, 11) is 0. The molecular formula is C17H23N5O2S. The minimum atomic E-state index is -0.246. The minimum Gasteiger partial charge on any atom is -0.378 e. The number of carbonyl (C=O) groups is 1. The van der Waals surface area contributed by atoms with Gasteiger partial charge in [0.25, 0.3) is 0 Å². The third-order valence-electron chi connectivity index (χ3n) is 3.93. The van der Waals surface area contributed by atoms with Gasteiger partial charge in [-0.15, -0.1) is 10.2 Å². The number of amides is 1. The summed E-state index contributed by atoms with van der Waals surface area (Å²) in [6.45, 7) is 7.34. The lowest BCUT2D eigenvalue weighted by atomic mass is 10.3. The van der Waals surface area contributed by atoms with Crippen LogP contribution in [0.2, 0.25) is 0 Å². The van der Waals surface area contributed by atoms with Gasteiger partial charge in [-0.3, -0.25) is 9.36 Å². The third-order valence-corrected chi connectivity index (χ3v) is 4.97. The molecule has 1 aromatic carbocycles. The Hall–Kier alpha value is -2.06. The van der Waals surface area contributed by atoms with Crippen molar-refractivity contribution < 1.29 is 9.53 Å². The molecule has 0 aliphatic carbocycles. The first kappa shape index (κ1) is 17.8. The van der Waals surface area contributed by atoms with E-state index in [1.807, 2.05) is 48.7 Å². The molecule has 1 amide bonds. The molecule has 1 atom stereocenters. The fourth-order valence-electron chi connectivity index (χ4n) is 2.64. The lowest BCUT2D eigenvalue weighted by molar-refractivity contribution is -0.120. The van der Waals surface area contributed by atoms with Crippen LogP contribution >= 0.6 is 11.8 Å². The summed E-state index contributed by atoms with van der Waals surface area (Å²) in [5.74, 6) is 0.795. The van der Waals surface area contributed by atoms with Crippen molar-refractivity contribution in [2.24, 2.45) is 0 Å². The largest absolute Gasteiger partial charge is 0.378 e. The van der Waals surface area contributed by atoms with E-state index >= 15 is 0 Å². The highest BCUT2D eigenvalue weighted by molar-refractivity contribution is 8.00. The van der Waals surface area contributed by atoms with Crippen molar-refractivity contribution in [3.63, 3.8) is 0 Å². The van der Waals surface area contributed by atoms with Gasteiger partial charge in [0.05, 0.1) is 24.2 Å². The molecule has 25 heavy (non-hydrogen) atoms. The Morgan fingerprint density at radius 1 is 1.28 bits per heavy atom. The number of hydrogen-bond donors (Lipinski definition) is 1. The molecule has 0 spiro atoms. The number of hydrogen-bond acceptors (Lipinski definition) is 6. The Bertz CT molecular complexity index is 700. The summed E-state index contributed by atoms with van der Waals surface area (Å²) in [6.07, 6.45) is 0. The van der Waals surface area contributed by atoms with Gasteiger partial charge in [-0.05, 0) is 26.0 Å². The number of para-hydroxylation sites is 1. The van der Waals surface area contributed by atoms with Crippen LogP contribution in [0.15, 0.2) is 35.5 Å². The van der Waals surface area contributed by atoms with E-state index in [9.17, 15) is 4.79 Å². The lowest BCUT2D eigenvalue weighted by Crippen LogP contribution is -2.38. The van der Waals surface area contributed by atoms with E-state index in [2.05, 4.69) is 20.4 Å². The van der Waals surface area contributed by atoms with E-state index in [0.29, 0.717) is 24.9 Å². The van der Waals surface area contributed by atoms with Gasteiger partial charge in [0, 0.05) is 19.6 Å². The first-order chi connectivity index (χ1) is 12.2. The molecule has 0 saturated carbocycles. The van der Waals surface area contributed by atoms with Gasteiger partial charge in [-0.2, -0.15) is 0 Å². The number of benzene rings is 1. The predicted molar refractivity (Wildman–Crippen MR) is 98.4 cm³/mol. The quantitative estimate of drug-likeness (QED) is 0.790. The van der Waals surface area contributed by atoms with Gasteiger partial charge in [0.15, 0.2) is 5.16 Å². The van der Waals surface area contributed by atoms with Crippen molar-refractivity contribution in [3.8, 4) is 5.69 Å². The standard InChI is InChI=1S/C17H23N5O2S/c1-3-18-15(23)13(2)25-17-20-19-16(21-9-11-24-12-10-21)22(17)14-7-5-4-6-8-14/h4-8,13H,3,9-12H2,1-2H3,(H,18,23)/t13-/m1/s1. The van der Waals surface area contributed by atoms with E-state index < -0.39 is 0 Å². The normalized spacial score (nSPS) is 15.8. The molecule has 1 aromatic heterocycles. The highest BCUT2D eigenvalue weighted by atomic mass is 32.2. The summed E-state index contributed by atoms with van der Waals surface area (Å²) in [5, 5.41) is 12.1. The highest BCUT2D eigenvalue weighted by Crippen LogP contribution is 2.29. The van der Waals surface area contributed by atoms with Gasteiger partial charge < -0.3 is 15.0 Å². The number of carbonyl (C=O) groups excluding carboxylic acids is 1. The van der Waals surface area contributed by atoms with E-state index in [-0.39, 0.29) is 11.2 Å². The second-order valence-corrected chi connectivity index (χ2v) is 7.02. The second-order valence-electron chi connectivity index (χ2n) is 5.71. The number of rotatable bonds is 6. The number of morpholine rings is 1. The monoisotopic (exact) mass is 361 g/mol. The van der Waals surface area contributed by atoms with Crippen LogP contribution in [-0.2, 0) is 9.53 Å². The van der Waals surface area contributed by atoms with Crippen LogP contribution in [0.25, 0.3) is 5.69 Å². The summed E-state index contributed by atoms with van der Waals surface area (Å²) in [5.41, 5.74) is 0.986. The topological polar surface area (TPSA) is 72.3 Å². The highest BCUT2D eigenvalue weighted by Gasteiger charge is 2.24. The Balaban J connectivity index is 1.92. The molecule has 1 aliphatic heterocycles. The van der Waals surface area contributed by atoms with Crippen LogP contribution in [0.5, 0.6) is 0 Å². The molecule has 1 fully saturated rings. The summed E-state index contributed by atoms with van der Waals surface area (Å²) >= 11 is 1.42. The maximum atomic E-state index is 12.1. The molecule has 0 bridgehead atoms. The number of anilines is 1. The molecule has 3 rings (SSSR count). The van der Waals surface area contributed by atoms with E-state index in [4.69, 9.17) is 4.74 Å². The SMILES string of the molecule is CCNC(=O)[C@@H](C)Sc1nnc(N2CCOCC2)n1-c1ccccc1. The van der Waals surface area contributed by atoms with E-state index in [1.54, 1.807) is 0 Å². The molecule has 2 heterocycles. The average Bonchev–Trinajstić information content (AvgIpc) is 3.07. The number of thioether (sulfide) groups is 1. The Labute approximate surface area is 151 Å². The Kier molecular flexibility index (Phi) is 5.93. The summed E-state index contributed by atoms with van der Waals surface area (Å²) in [6, 6.07) is 9.99. The fourth-order valence-corrected chi connectivity index (χ4v) is 3.53. The van der Waals surface area contributed by atoms with Crippen LogP contribution < -0.4 is 10.2 Å². The third kappa shape index (κ3) is 4.13. The van der Waals surface area contributed by atoms with Crippen molar-refractivity contribution in [3.05, 3.63) is 30.3 Å². The maximum Gasteiger partial charge on any atom is 0.233 e. The van der Waals surface area contributed by atoms with Crippen molar-refractivity contribution in [2.45, 2.75) is 24.3 Å². The molecule has 134 valence electrons. The zero-order chi connectivity index (χ0) is 17.6. The lowest BCUT2D eigenvalue weighted by Gasteiger charge is -2.28. The van der Waals surface area contributed by atoms with Crippen LogP contribution in [0.3, 0.4) is 0 Å². The van der Waals surface area contributed by atoms with Crippen molar-refractivity contribution >= 4 is 23.6 Å². The van der Waals surface area contributed by atoms with Gasteiger partial charge in [-0.25, -0.2) is 0 Å². The van der Waals surface area contributed by atoms with Crippen LogP contribution in [0, 0.1) is 0 Å². The molecule has 1 saturated heterocycles.